The zero-order chi connectivity index (χ0) is 25.1. The summed E-state index contributed by atoms with van der Waals surface area (Å²) in [6.45, 7) is 3.90. The van der Waals surface area contributed by atoms with E-state index in [1.54, 1.807) is 7.11 Å². The van der Waals surface area contributed by atoms with E-state index in [0.29, 0.717) is 43.5 Å². The molecular formula is C25H28N4O5S2. The Morgan fingerprint density at radius 1 is 1.11 bits per heavy atom. The van der Waals surface area contributed by atoms with E-state index >= 15 is 0 Å². The summed E-state index contributed by atoms with van der Waals surface area (Å²) in [4.78, 5) is 19.8. The van der Waals surface area contributed by atoms with E-state index in [2.05, 4.69) is 27.3 Å². The molecule has 2 aliphatic heterocycles. The number of amides is 1. The number of anilines is 1. The second-order valence-corrected chi connectivity index (χ2v) is 11.5. The zero-order valence-electron chi connectivity index (χ0n) is 20.0. The van der Waals surface area contributed by atoms with Gasteiger partial charge in [-0.1, -0.05) is 6.07 Å². The first-order chi connectivity index (χ1) is 17.4. The van der Waals surface area contributed by atoms with Crippen LogP contribution in [0, 0.1) is 0 Å². The topological polar surface area (TPSA) is 101 Å². The molecule has 190 valence electrons. The van der Waals surface area contributed by atoms with Crippen LogP contribution in [0.15, 0.2) is 52.7 Å². The number of benzene rings is 2. The molecule has 5 rings (SSSR count). The monoisotopic (exact) mass is 528 g/mol. The third-order valence-corrected chi connectivity index (χ3v) is 9.11. The number of sulfonamides is 1. The average molecular weight is 529 g/mol. The molecule has 9 nitrogen and oxygen atoms in total. The molecule has 1 fully saturated rings. The van der Waals surface area contributed by atoms with Crippen LogP contribution in [-0.2, 0) is 34.3 Å². The van der Waals surface area contributed by atoms with Crippen molar-refractivity contribution in [1.29, 1.82) is 0 Å². The van der Waals surface area contributed by atoms with E-state index in [-0.39, 0.29) is 10.8 Å². The molecule has 0 radical (unpaired) electrons. The minimum absolute atomic E-state index is 0.166. The highest BCUT2D eigenvalue weighted by molar-refractivity contribution is 7.89. The number of morpholine rings is 1. The molecule has 0 spiro atoms. The molecule has 3 aromatic rings. The molecule has 1 amide bonds. The Bertz CT molecular complexity index is 1330. The number of aromatic nitrogens is 1. The smallest absolute Gasteiger partial charge is 0.257 e. The zero-order valence-corrected chi connectivity index (χ0v) is 21.6. The Hall–Kier alpha value is -2.83. The maximum absolute atomic E-state index is 12.8. The molecule has 2 aliphatic rings. The molecule has 2 aromatic carbocycles. The van der Waals surface area contributed by atoms with Crippen LogP contribution in [0.1, 0.15) is 27.2 Å². The number of thiazole rings is 1. The number of hydrogen-bond acceptors (Lipinski definition) is 8. The quantitative estimate of drug-likeness (QED) is 0.503. The first kappa shape index (κ1) is 24.8. The molecule has 1 aromatic heterocycles. The van der Waals surface area contributed by atoms with E-state index in [4.69, 9.17) is 9.47 Å². The molecule has 1 N–H and O–H groups in total. The van der Waals surface area contributed by atoms with Crippen molar-refractivity contribution in [2.75, 3.05) is 45.3 Å². The number of fused-ring (bicyclic) bond motifs is 1. The largest absolute Gasteiger partial charge is 0.497 e. The Labute approximate surface area is 214 Å². The molecule has 36 heavy (non-hydrogen) atoms. The van der Waals surface area contributed by atoms with E-state index in [1.807, 2.05) is 11.4 Å². The maximum Gasteiger partial charge on any atom is 0.257 e. The van der Waals surface area contributed by atoms with Gasteiger partial charge in [-0.05, 0) is 53.9 Å². The van der Waals surface area contributed by atoms with Crippen molar-refractivity contribution in [3.63, 3.8) is 0 Å². The lowest BCUT2D eigenvalue weighted by atomic mass is 9.99. The van der Waals surface area contributed by atoms with Gasteiger partial charge in [-0.15, -0.1) is 11.3 Å². The van der Waals surface area contributed by atoms with Crippen LogP contribution in [0.4, 0.5) is 5.13 Å². The number of carbonyl (C=O) groups is 1. The molecule has 3 heterocycles. The fourth-order valence-corrected chi connectivity index (χ4v) is 6.50. The molecule has 0 bridgehead atoms. The van der Waals surface area contributed by atoms with Gasteiger partial charge >= 0.3 is 0 Å². The highest BCUT2D eigenvalue weighted by Crippen LogP contribution is 2.26. The summed E-state index contributed by atoms with van der Waals surface area (Å²) < 4.78 is 37.5. The van der Waals surface area contributed by atoms with Gasteiger partial charge in [-0.2, -0.15) is 4.31 Å². The first-order valence-electron chi connectivity index (χ1n) is 11.7. The van der Waals surface area contributed by atoms with Crippen molar-refractivity contribution in [2.24, 2.45) is 0 Å². The average Bonchev–Trinajstić information content (AvgIpc) is 3.35. The van der Waals surface area contributed by atoms with Crippen LogP contribution in [0.3, 0.4) is 0 Å². The predicted octanol–water partition coefficient (Wildman–Crippen LogP) is 2.98. The normalized spacial score (nSPS) is 16.9. The number of methoxy groups -OCH3 is 1. The van der Waals surface area contributed by atoms with Crippen LogP contribution in [0.5, 0.6) is 5.75 Å². The highest BCUT2D eigenvalue weighted by atomic mass is 32.2. The van der Waals surface area contributed by atoms with Crippen LogP contribution in [-0.4, -0.2) is 68.5 Å². The molecule has 0 atom stereocenters. The molecule has 1 saturated heterocycles. The second kappa shape index (κ2) is 10.7. The summed E-state index contributed by atoms with van der Waals surface area (Å²) in [7, 11) is -1.91. The Kier molecular flexibility index (Phi) is 7.35. The van der Waals surface area contributed by atoms with Gasteiger partial charge in [-0.25, -0.2) is 13.4 Å². The maximum atomic E-state index is 12.8. The standard InChI is InChI=1S/C25H28N4O5S2/c1-33-22-5-2-20-15-28(9-8-19(20)14-22)16-21-17-35-25(26-21)27-24(30)18-3-6-23(7-4-18)36(31,32)29-10-12-34-13-11-29/h2-7,14,17H,8-13,15-16H2,1H3,(H,26,27,30). The predicted molar refractivity (Wildman–Crippen MR) is 137 cm³/mol. The number of carbonyl (C=O) groups excluding carboxylic acids is 1. The van der Waals surface area contributed by atoms with Crippen LogP contribution < -0.4 is 10.1 Å². The van der Waals surface area contributed by atoms with Crippen LogP contribution in [0.2, 0.25) is 0 Å². The summed E-state index contributed by atoms with van der Waals surface area (Å²) in [5.74, 6) is 0.558. The lowest BCUT2D eigenvalue weighted by molar-refractivity contribution is 0.0730. The summed E-state index contributed by atoms with van der Waals surface area (Å²) in [5, 5.41) is 5.30. The van der Waals surface area contributed by atoms with Gasteiger partial charge < -0.3 is 9.47 Å². The first-order valence-corrected chi connectivity index (χ1v) is 14.1. The van der Waals surface area contributed by atoms with Crippen molar-refractivity contribution >= 4 is 32.4 Å². The van der Waals surface area contributed by atoms with Gasteiger partial charge in [-0.3, -0.25) is 15.0 Å². The number of nitrogens with one attached hydrogen (secondary N) is 1. The Morgan fingerprint density at radius 2 is 1.89 bits per heavy atom. The van der Waals surface area contributed by atoms with E-state index in [0.717, 1.165) is 31.0 Å². The summed E-state index contributed by atoms with van der Waals surface area (Å²) in [6.07, 6.45) is 0.956. The van der Waals surface area contributed by atoms with Crippen molar-refractivity contribution in [3.8, 4) is 5.75 Å². The summed E-state index contributed by atoms with van der Waals surface area (Å²) in [5.41, 5.74) is 3.89. The van der Waals surface area contributed by atoms with Crippen LogP contribution in [0.25, 0.3) is 0 Å². The van der Waals surface area contributed by atoms with Crippen LogP contribution >= 0.6 is 11.3 Å². The molecule has 11 heteroatoms. The number of rotatable bonds is 7. The molecular weight excluding hydrogens is 500 g/mol. The van der Waals surface area contributed by atoms with Crippen molar-refractivity contribution in [2.45, 2.75) is 24.4 Å². The summed E-state index contributed by atoms with van der Waals surface area (Å²) >= 11 is 1.38. The van der Waals surface area contributed by atoms with Crippen molar-refractivity contribution in [1.82, 2.24) is 14.2 Å². The van der Waals surface area contributed by atoms with Gasteiger partial charge in [0.1, 0.15) is 5.75 Å². The highest BCUT2D eigenvalue weighted by Gasteiger charge is 2.26. The van der Waals surface area contributed by atoms with Crippen molar-refractivity contribution in [3.05, 3.63) is 70.2 Å². The third kappa shape index (κ3) is 5.45. The third-order valence-electron chi connectivity index (χ3n) is 6.39. The molecule has 0 aliphatic carbocycles. The lowest BCUT2D eigenvalue weighted by Crippen LogP contribution is -2.40. The van der Waals surface area contributed by atoms with E-state index < -0.39 is 10.0 Å². The lowest BCUT2D eigenvalue weighted by Gasteiger charge is -2.28. The fraction of sp³-hybridized carbons (Fsp3) is 0.360. The van der Waals surface area contributed by atoms with Gasteiger partial charge in [0.05, 0.1) is 30.9 Å². The number of nitrogens with zero attached hydrogens (tertiary/aromatic N) is 3. The van der Waals surface area contributed by atoms with Gasteiger partial charge in [0.25, 0.3) is 5.91 Å². The van der Waals surface area contributed by atoms with E-state index in [9.17, 15) is 13.2 Å². The van der Waals surface area contributed by atoms with Gasteiger partial charge in [0.15, 0.2) is 5.13 Å². The minimum atomic E-state index is -3.60. The Balaban J connectivity index is 1.18. The molecule has 0 saturated carbocycles. The van der Waals surface area contributed by atoms with Gasteiger partial charge in [0.2, 0.25) is 10.0 Å². The minimum Gasteiger partial charge on any atom is -0.497 e. The summed E-state index contributed by atoms with van der Waals surface area (Å²) in [6, 6.07) is 12.2. The Morgan fingerprint density at radius 3 is 2.64 bits per heavy atom. The van der Waals surface area contributed by atoms with Gasteiger partial charge in [0, 0.05) is 43.7 Å². The van der Waals surface area contributed by atoms with E-state index in [1.165, 1.54) is 51.0 Å². The van der Waals surface area contributed by atoms with Crippen molar-refractivity contribution < 1.29 is 22.7 Å². The number of hydrogen-bond donors (Lipinski definition) is 1. The SMILES string of the molecule is COc1ccc2c(c1)CCN(Cc1csc(NC(=O)c3ccc(S(=O)(=O)N4CCOCC4)cc3)n1)C2. The number of ether oxygens (including phenoxy) is 2. The second-order valence-electron chi connectivity index (χ2n) is 8.73. The molecule has 0 unspecified atom stereocenters. The fourth-order valence-electron chi connectivity index (χ4n) is 4.40.